The summed E-state index contributed by atoms with van der Waals surface area (Å²) >= 11 is 0. The fourth-order valence-corrected chi connectivity index (χ4v) is 4.22. The lowest BCUT2D eigenvalue weighted by Gasteiger charge is -2.29. The third-order valence-corrected chi connectivity index (χ3v) is 5.43. The van der Waals surface area contributed by atoms with Gasteiger partial charge in [-0.25, -0.2) is 4.79 Å². The van der Waals surface area contributed by atoms with Crippen molar-refractivity contribution in [1.82, 2.24) is 0 Å². The van der Waals surface area contributed by atoms with E-state index in [0.29, 0.717) is 0 Å². The summed E-state index contributed by atoms with van der Waals surface area (Å²) in [5.74, 6) is -12.2. The molecule has 30 heavy (non-hydrogen) atoms. The Hall–Kier alpha value is -3.08. The van der Waals surface area contributed by atoms with E-state index in [4.69, 9.17) is 24.1 Å². The first-order valence-electron chi connectivity index (χ1n) is 9.02. The van der Waals surface area contributed by atoms with E-state index >= 15 is 0 Å². The summed E-state index contributed by atoms with van der Waals surface area (Å²) in [6.45, 7) is 1.12. The minimum Gasteiger partial charge on any atom is -0.477 e. The molecule has 0 aromatic heterocycles. The first-order chi connectivity index (χ1) is 14.1. The zero-order valence-corrected chi connectivity index (χ0v) is 15.4. The molecule has 3 aliphatic rings. The van der Waals surface area contributed by atoms with Gasteiger partial charge in [0, 0.05) is 6.92 Å². The van der Waals surface area contributed by atoms with Crippen LogP contribution in [0.15, 0.2) is 30.3 Å². The van der Waals surface area contributed by atoms with Crippen LogP contribution >= 0.6 is 0 Å². The molecule has 2 bridgehead atoms. The molecule has 9 nitrogen and oxygen atoms in total. The molecule has 7 unspecified atom stereocenters. The molecule has 7 atom stereocenters. The van der Waals surface area contributed by atoms with Gasteiger partial charge in [-0.3, -0.25) is 14.4 Å². The maximum absolute atomic E-state index is 14.4. The van der Waals surface area contributed by atoms with E-state index in [1.807, 2.05) is 0 Å². The number of rotatable bonds is 6. The van der Waals surface area contributed by atoms with Crippen LogP contribution in [0.4, 0.5) is 8.78 Å². The number of carboxylic acids is 1. The van der Waals surface area contributed by atoms with Crippen LogP contribution in [0.2, 0.25) is 0 Å². The highest BCUT2D eigenvalue weighted by molar-refractivity contribution is 5.87. The Bertz CT molecular complexity index is 903. The number of fused-ring (bicyclic) bond motifs is 1. The Kier molecular flexibility index (Phi) is 4.72. The summed E-state index contributed by atoms with van der Waals surface area (Å²) in [6, 6.07) is 6.65. The Morgan fingerprint density at radius 3 is 2.40 bits per heavy atom. The summed E-state index contributed by atoms with van der Waals surface area (Å²) in [5, 5.41) is 8.95. The van der Waals surface area contributed by atoms with Gasteiger partial charge < -0.3 is 24.1 Å². The molecule has 0 radical (unpaired) electrons. The Morgan fingerprint density at radius 1 is 1.13 bits per heavy atom. The van der Waals surface area contributed by atoms with E-state index in [9.17, 15) is 28.0 Å². The second kappa shape index (κ2) is 7.01. The lowest BCUT2D eigenvalue weighted by Crippen LogP contribution is -2.49. The van der Waals surface area contributed by atoms with Gasteiger partial charge in [0.05, 0.1) is 0 Å². The fraction of sp³-hybridized carbons (Fsp3) is 0.474. The van der Waals surface area contributed by atoms with Gasteiger partial charge in [-0.15, -0.1) is 0 Å². The average molecular weight is 426 g/mol. The summed E-state index contributed by atoms with van der Waals surface area (Å²) < 4.78 is 49.5. The molecule has 0 aliphatic carbocycles. The van der Waals surface area contributed by atoms with Gasteiger partial charge in [0.15, 0.2) is 12.2 Å². The Balaban J connectivity index is 1.64. The number of benzene rings is 1. The smallest absolute Gasteiger partial charge is 0.382 e. The molecule has 3 fully saturated rings. The summed E-state index contributed by atoms with van der Waals surface area (Å²) in [4.78, 5) is 47.6. The van der Waals surface area contributed by atoms with Crippen LogP contribution in [0.1, 0.15) is 18.6 Å². The Morgan fingerprint density at radius 2 is 1.80 bits per heavy atom. The van der Waals surface area contributed by atoms with Gasteiger partial charge in [-0.2, -0.15) is 8.78 Å². The molecule has 4 rings (SSSR count). The lowest BCUT2D eigenvalue weighted by molar-refractivity contribution is -0.199. The molecule has 1 N–H and O–H groups in total. The van der Waals surface area contributed by atoms with Gasteiger partial charge in [-0.05, 0) is 5.56 Å². The van der Waals surface area contributed by atoms with Crippen LogP contribution in [0.5, 0.6) is 0 Å². The van der Waals surface area contributed by atoms with Gasteiger partial charge in [0.25, 0.3) is 0 Å². The number of aliphatic carboxylic acids is 1. The molecule has 160 valence electrons. The molecular weight excluding hydrogens is 410 g/mol. The van der Waals surface area contributed by atoms with E-state index in [1.165, 1.54) is 30.3 Å². The molecule has 3 heterocycles. The van der Waals surface area contributed by atoms with Gasteiger partial charge in [-0.1, -0.05) is 30.3 Å². The highest BCUT2D eigenvalue weighted by Gasteiger charge is 2.72. The van der Waals surface area contributed by atoms with Crippen molar-refractivity contribution in [2.24, 2.45) is 11.8 Å². The molecule has 3 saturated heterocycles. The second-order valence-corrected chi connectivity index (χ2v) is 7.25. The standard InChI is InChI=1S/C19H16F2O9/c1-7(22)27-13-11-10(9-12(28-11)14(13)29-16(9)23)17(24)30-15(19(20,21)18(25)26)8-5-3-2-4-6-8/h2-6,9-15H,1H3,(H,25,26). The normalized spacial score (nSPS) is 32.4. The third-order valence-electron chi connectivity index (χ3n) is 5.43. The molecule has 3 aliphatic heterocycles. The summed E-state index contributed by atoms with van der Waals surface area (Å²) in [7, 11) is 0. The van der Waals surface area contributed by atoms with Gasteiger partial charge >= 0.3 is 29.8 Å². The van der Waals surface area contributed by atoms with Crippen molar-refractivity contribution in [3.8, 4) is 0 Å². The van der Waals surface area contributed by atoms with Crippen LogP contribution < -0.4 is 0 Å². The van der Waals surface area contributed by atoms with Crippen molar-refractivity contribution < 1.29 is 52.0 Å². The first kappa shape index (κ1) is 20.2. The number of alkyl halides is 2. The zero-order valence-electron chi connectivity index (χ0n) is 15.4. The lowest BCUT2D eigenvalue weighted by atomic mass is 9.78. The number of carboxylic acid groups (broad SMARTS) is 1. The van der Waals surface area contributed by atoms with Crippen molar-refractivity contribution in [2.45, 2.75) is 43.4 Å². The number of carbonyl (C=O) groups is 4. The number of esters is 3. The molecule has 1 aromatic carbocycles. The molecule has 0 amide bonds. The number of halogens is 2. The van der Waals surface area contributed by atoms with E-state index in [1.54, 1.807) is 0 Å². The van der Waals surface area contributed by atoms with E-state index in [0.717, 1.165) is 6.92 Å². The van der Waals surface area contributed by atoms with E-state index in [-0.39, 0.29) is 5.56 Å². The van der Waals surface area contributed by atoms with Crippen LogP contribution in [0.3, 0.4) is 0 Å². The molecule has 0 saturated carbocycles. The molecular formula is C19H16F2O9. The van der Waals surface area contributed by atoms with Crippen LogP contribution in [0.25, 0.3) is 0 Å². The minimum absolute atomic E-state index is 0.245. The van der Waals surface area contributed by atoms with Crippen molar-refractivity contribution >= 4 is 23.9 Å². The van der Waals surface area contributed by atoms with Crippen molar-refractivity contribution in [3.05, 3.63) is 35.9 Å². The van der Waals surface area contributed by atoms with Crippen molar-refractivity contribution in [3.63, 3.8) is 0 Å². The predicted molar refractivity (Wildman–Crippen MR) is 88.9 cm³/mol. The average Bonchev–Trinajstić information content (AvgIpc) is 3.29. The largest absolute Gasteiger partial charge is 0.477 e. The van der Waals surface area contributed by atoms with Crippen LogP contribution in [-0.4, -0.2) is 59.3 Å². The SMILES string of the molecule is CC(=O)OC1C2OC(=O)C3C2OC1C3C(=O)OC(c1ccccc1)C(F)(F)C(=O)O. The highest BCUT2D eigenvalue weighted by atomic mass is 19.3. The quantitative estimate of drug-likeness (QED) is 0.521. The second-order valence-electron chi connectivity index (χ2n) is 7.25. The molecule has 11 heteroatoms. The Labute approximate surface area is 167 Å². The van der Waals surface area contributed by atoms with E-state index in [2.05, 4.69) is 0 Å². The van der Waals surface area contributed by atoms with Crippen molar-refractivity contribution in [2.75, 3.05) is 0 Å². The monoisotopic (exact) mass is 426 g/mol. The number of ether oxygens (including phenoxy) is 4. The topological polar surface area (TPSA) is 125 Å². The van der Waals surface area contributed by atoms with E-state index < -0.39 is 72.2 Å². The van der Waals surface area contributed by atoms with Crippen LogP contribution in [0, 0.1) is 11.8 Å². The number of carbonyl (C=O) groups excluding carboxylic acids is 3. The number of hydrogen-bond acceptors (Lipinski definition) is 8. The third kappa shape index (κ3) is 3.00. The van der Waals surface area contributed by atoms with Crippen LogP contribution in [-0.2, 0) is 38.1 Å². The highest BCUT2D eigenvalue weighted by Crippen LogP contribution is 2.52. The van der Waals surface area contributed by atoms with Gasteiger partial charge in [0.1, 0.15) is 24.0 Å². The van der Waals surface area contributed by atoms with Gasteiger partial charge in [0.2, 0.25) is 6.10 Å². The molecule has 0 spiro atoms. The zero-order chi connectivity index (χ0) is 21.8. The summed E-state index contributed by atoms with van der Waals surface area (Å²) in [6.07, 6.45) is -6.46. The number of hydrogen-bond donors (Lipinski definition) is 1. The first-order valence-corrected chi connectivity index (χ1v) is 9.02. The maximum Gasteiger partial charge on any atom is 0.382 e. The maximum atomic E-state index is 14.4. The predicted octanol–water partition coefficient (Wildman–Crippen LogP) is 0.861. The minimum atomic E-state index is -4.44. The van der Waals surface area contributed by atoms with Crippen molar-refractivity contribution in [1.29, 1.82) is 0 Å². The molecule has 1 aromatic rings. The fourth-order valence-electron chi connectivity index (χ4n) is 4.22. The summed E-state index contributed by atoms with van der Waals surface area (Å²) in [5.41, 5.74) is -0.245.